The van der Waals surface area contributed by atoms with Crippen molar-refractivity contribution in [3.8, 4) is 0 Å². The van der Waals surface area contributed by atoms with Gasteiger partial charge in [0.25, 0.3) is 0 Å². The van der Waals surface area contributed by atoms with E-state index in [1.165, 1.54) is 12.1 Å². The molecule has 0 radical (unpaired) electrons. The van der Waals surface area contributed by atoms with Crippen LogP contribution in [-0.4, -0.2) is 59.4 Å². The zero-order valence-corrected chi connectivity index (χ0v) is 15.5. The summed E-state index contributed by atoms with van der Waals surface area (Å²) in [5, 5.41) is 5.14. The van der Waals surface area contributed by atoms with Gasteiger partial charge in [0, 0.05) is 13.1 Å². The van der Waals surface area contributed by atoms with Gasteiger partial charge in [0.05, 0.1) is 35.5 Å². The molecule has 0 unspecified atom stereocenters. The average molecular weight is 386 g/mol. The van der Waals surface area contributed by atoms with Gasteiger partial charge < -0.3 is 19.1 Å². The van der Waals surface area contributed by atoms with Crippen molar-refractivity contribution in [2.75, 3.05) is 37.8 Å². The van der Waals surface area contributed by atoms with Crippen LogP contribution < -0.4 is 10.0 Å². The van der Waals surface area contributed by atoms with Crippen LogP contribution >= 0.6 is 0 Å². The molecule has 0 aromatic heterocycles. The topological polar surface area (TPSA) is 125 Å². The van der Waals surface area contributed by atoms with Gasteiger partial charge in [-0.1, -0.05) is 0 Å². The Kier molecular flexibility index (Phi) is 6.57. The molecule has 2 rings (SSSR count). The van der Waals surface area contributed by atoms with E-state index in [0.717, 1.165) is 6.07 Å². The molecule has 2 N–H and O–H groups in total. The fourth-order valence-electron chi connectivity index (χ4n) is 2.43. The molecule has 1 aromatic carbocycles. The van der Waals surface area contributed by atoms with Crippen LogP contribution in [0.15, 0.2) is 23.1 Å². The smallest absolute Gasteiger partial charge is 0.344 e. The van der Waals surface area contributed by atoms with E-state index in [1.54, 1.807) is 13.8 Å². The summed E-state index contributed by atoms with van der Waals surface area (Å²) < 4.78 is 38.4. The molecule has 0 atom stereocenters. The predicted octanol–water partition coefficient (Wildman–Crippen LogP) is 0.279. The molecule has 0 aliphatic carbocycles. The Hall–Kier alpha value is -2.17. The number of carbonyl (C=O) groups excluding carboxylic acids is 2. The molecule has 0 spiro atoms. The van der Waals surface area contributed by atoms with Gasteiger partial charge >= 0.3 is 11.9 Å². The summed E-state index contributed by atoms with van der Waals surface area (Å²) in [6, 6.07) is 3.97. The molecule has 144 valence electrons. The monoisotopic (exact) mass is 386 g/mol. The quantitative estimate of drug-likeness (QED) is 0.691. The molecule has 9 nitrogen and oxygen atoms in total. The molecule has 1 aliphatic heterocycles. The molecular weight excluding hydrogens is 364 g/mol. The van der Waals surface area contributed by atoms with Crippen molar-refractivity contribution >= 4 is 27.6 Å². The van der Waals surface area contributed by atoms with E-state index >= 15 is 0 Å². The highest BCUT2D eigenvalue weighted by molar-refractivity contribution is 7.89. The molecule has 1 aliphatic rings. The van der Waals surface area contributed by atoms with Crippen molar-refractivity contribution in [2.45, 2.75) is 24.8 Å². The van der Waals surface area contributed by atoms with E-state index in [4.69, 9.17) is 19.3 Å². The van der Waals surface area contributed by atoms with E-state index in [2.05, 4.69) is 0 Å². The van der Waals surface area contributed by atoms with Gasteiger partial charge in [-0.15, -0.1) is 0 Å². The third-order valence-electron chi connectivity index (χ3n) is 3.56. The van der Waals surface area contributed by atoms with Crippen LogP contribution in [-0.2, 0) is 29.0 Å². The summed E-state index contributed by atoms with van der Waals surface area (Å²) in [4.78, 5) is 25.7. The summed E-state index contributed by atoms with van der Waals surface area (Å²) in [6.45, 7) is 4.80. The Labute approximate surface area is 152 Å². The molecule has 1 saturated heterocycles. The van der Waals surface area contributed by atoms with Crippen LogP contribution in [0.3, 0.4) is 0 Å². The number of hydrogen-bond donors (Lipinski definition) is 1. The van der Waals surface area contributed by atoms with Gasteiger partial charge in [-0.3, -0.25) is 0 Å². The number of nitrogens with zero attached hydrogens (tertiary/aromatic N) is 1. The number of hydrogen-bond acceptors (Lipinski definition) is 8. The second-order valence-electron chi connectivity index (χ2n) is 5.94. The minimum atomic E-state index is -4.00. The van der Waals surface area contributed by atoms with Crippen LogP contribution in [0.25, 0.3) is 0 Å². The lowest BCUT2D eigenvalue weighted by molar-refractivity contribution is -0.150. The van der Waals surface area contributed by atoms with E-state index < -0.39 is 28.6 Å². The Morgan fingerprint density at radius 1 is 1.27 bits per heavy atom. The highest BCUT2D eigenvalue weighted by Crippen LogP contribution is 2.25. The molecule has 0 amide bonds. The fourth-order valence-corrected chi connectivity index (χ4v) is 2.97. The fraction of sp³-hybridized carbons (Fsp3) is 0.500. The van der Waals surface area contributed by atoms with Gasteiger partial charge in [-0.05, 0) is 32.0 Å². The van der Waals surface area contributed by atoms with Crippen LogP contribution in [0.5, 0.6) is 0 Å². The molecule has 1 heterocycles. The van der Waals surface area contributed by atoms with Gasteiger partial charge in [-0.25, -0.2) is 23.1 Å². The van der Waals surface area contributed by atoms with Gasteiger partial charge in [-0.2, -0.15) is 0 Å². The second-order valence-corrected chi connectivity index (χ2v) is 7.50. The van der Waals surface area contributed by atoms with Crippen molar-refractivity contribution in [2.24, 2.45) is 5.14 Å². The molecule has 1 fully saturated rings. The number of carbonyl (C=O) groups is 2. The second kappa shape index (κ2) is 8.47. The average Bonchev–Trinajstić information content (AvgIpc) is 2.58. The van der Waals surface area contributed by atoms with Crippen molar-refractivity contribution in [3.05, 3.63) is 23.8 Å². The first-order valence-electron chi connectivity index (χ1n) is 8.04. The molecule has 1 aromatic rings. The third-order valence-corrected chi connectivity index (χ3v) is 4.47. The van der Waals surface area contributed by atoms with Crippen molar-refractivity contribution in [1.29, 1.82) is 0 Å². The highest BCUT2D eigenvalue weighted by atomic mass is 32.2. The first kappa shape index (κ1) is 20.1. The minimum Gasteiger partial charge on any atom is -0.460 e. The Bertz CT molecular complexity index is 771. The van der Waals surface area contributed by atoms with E-state index in [1.807, 2.05) is 4.90 Å². The molecule has 0 bridgehead atoms. The summed E-state index contributed by atoms with van der Waals surface area (Å²) in [5.41, 5.74) is 0.499. The van der Waals surface area contributed by atoms with Gasteiger partial charge in [0.2, 0.25) is 10.0 Å². The molecular formula is C16H22N2O7S. The SMILES string of the molecule is CC(C)OC(=O)COC(=O)c1cc(S(N)(=O)=O)ccc1N1CCOCC1. The number of primary sulfonamides is 1. The van der Waals surface area contributed by atoms with Crippen LogP contribution in [0.4, 0.5) is 5.69 Å². The first-order chi connectivity index (χ1) is 12.2. The number of morpholine rings is 1. The number of nitrogens with two attached hydrogens (primary N) is 1. The normalized spacial score (nSPS) is 15.0. The van der Waals surface area contributed by atoms with Crippen molar-refractivity contribution < 1.29 is 32.2 Å². The zero-order valence-electron chi connectivity index (χ0n) is 14.6. The van der Waals surface area contributed by atoms with Crippen molar-refractivity contribution in [1.82, 2.24) is 0 Å². The van der Waals surface area contributed by atoms with Gasteiger partial charge in [0.1, 0.15) is 0 Å². The van der Waals surface area contributed by atoms with Crippen molar-refractivity contribution in [3.63, 3.8) is 0 Å². The standard InChI is InChI=1S/C16H22N2O7S/c1-11(2)25-15(19)10-24-16(20)13-9-12(26(17,21)22)3-4-14(13)18-5-7-23-8-6-18/h3-4,9,11H,5-8,10H2,1-2H3,(H2,17,21,22). The Balaban J connectivity index is 2.26. The van der Waals surface area contributed by atoms with E-state index in [-0.39, 0.29) is 16.6 Å². The molecule has 10 heteroatoms. The summed E-state index contributed by atoms with van der Waals surface area (Å²) in [6.07, 6.45) is -0.337. The lowest BCUT2D eigenvalue weighted by Gasteiger charge is -2.30. The van der Waals surface area contributed by atoms with E-state index in [0.29, 0.717) is 32.0 Å². The maximum absolute atomic E-state index is 12.5. The maximum Gasteiger partial charge on any atom is 0.344 e. The first-order valence-corrected chi connectivity index (χ1v) is 9.59. The number of benzene rings is 1. The predicted molar refractivity (Wildman–Crippen MR) is 92.4 cm³/mol. The third kappa shape index (κ3) is 5.41. The van der Waals surface area contributed by atoms with Gasteiger partial charge in [0.15, 0.2) is 6.61 Å². The Morgan fingerprint density at radius 3 is 2.50 bits per heavy atom. The van der Waals surface area contributed by atoms with Crippen LogP contribution in [0.1, 0.15) is 24.2 Å². The summed E-state index contributed by atoms with van der Waals surface area (Å²) in [7, 11) is -4.00. The number of ether oxygens (including phenoxy) is 3. The molecule has 26 heavy (non-hydrogen) atoms. The highest BCUT2D eigenvalue weighted by Gasteiger charge is 2.23. The zero-order chi connectivity index (χ0) is 19.3. The van der Waals surface area contributed by atoms with Crippen LogP contribution in [0.2, 0.25) is 0 Å². The Morgan fingerprint density at radius 2 is 1.92 bits per heavy atom. The number of rotatable bonds is 6. The number of anilines is 1. The number of sulfonamides is 1. The summed E-state index contributed by atoms with van der Waals surface area (Å²) in [5.74, 6) is -1.53. The van der Waals surface area contributed by atoms with E-state index in [9.17, 15) is 18.0 Å². The summed E-state index contributed by atoms with van der Waals surface area (Å²) >= 11 is 0. The lowest BCUT2D eigenvalue weighted by atomic mass is 10.1. The lowest BCUT2D eigenvalue weighted by Crippen LogP contribution is -2.37. The largest absolute Gasteiger partial charge is 0.460 e. The molecule has 0 saturated carbocycles. The van der Waals surface area contributed by atoms with Crippen LogP contribution in [0, 0.1) is 0 Å². The minimum absolute atomic E-state index is 0.00997. The number of esters is 2. The maximum atomic E-state index is 12.5.